The van der Waals surface area contributed by atoms with E-state index in [1.54, 1.807) is 12.1 Å². The first kappa shape index (κ1) is 24.9. The van der Waals surface area contributed by atoms with Crippen LogP contribution in [0, 0.1) is 5.82 Å². The molecule has 1 amide bonds. The maximum Gasteiger partial charge on any atom is 0.223 e. The second-order valence-electron chi connectivity index (χ2n) is 6.97. The van der Waals surface area contributed by atoms with E-state index < -0.39 is 0 Å². The van der Waals surface area contributed by atoms with Crippen molar-refractivity contribution in [1.82, 2.24) is 20.0 Å². The van der Waals surface area contributed by atoms with Crippen molar-refractivity contribution in [3.8, 4) is 5.75 Å². The summed E-state index contributed by atoms with van der Waals surface area (Å²) < 4.78 is 18.8. The van der Waals surface area contributed by atoms with Crippen molar-refractivity contribution < 1.29 is 13.9 Å². The normalized spacial score (nSPS) is 18.1. The molecule has 0 aliphatic carbocycles. The number of hydrogen-bond donors (Lipinski definition) is 1. The van der Waals surface area contributed by atoms with Crippen molar-refractivity contribution in [3.05, 3.63) is 29.6 Å². The molecule has 28 heavy (non-hydrogen) atoms. The van der Waals surface area contributed by atoms with Crippen LogP contribution in [0.5, 0.6) is 5.75 Å². The lowest BCUT2D eigenvalue weighted by molar-refractivity contribution is -0.132. The van der Waals surface area contributed by atoms with Gasteiger partial charge in [-0.3, -0.25) is 9.69 Å². The lowest BCUT2D eigenvalue weighted by Crippen LogP contribution is -2.49. The summed E-state index contributed by atoms with van der Waals surface area (Å²) in [6, 6.07) is 5.15. The van der Waals surface area contributed by atoms with E-state index in [0.717, 1.165) is 71.0 Å². The van der Waals surface area contributed by atoms with Crippen LogP contribution in [-0.4, -0.2) is 86.6 Å². The molecule has 2 aliphatic rings. The Hall–Kier alpha value is -1.12. The number of ether oxygens (including phenoxy) is 1. The van der Waals surface area contributed by atoms with Crippen LogP contribution in [0.15, 0.2) is 18.2 Å². The van der Waals surface area contributed by atoms with Gasteiger partial charge in [-0.25, -0.2) is 4.39 Å². The van der Waals surface area contributed by atoms with Crippen molar-refractivity contribution in [2.75, 3.05) is 66.0 Å². The summed E-state index contributed by atoms with van der Waals surface area (Å²) in [7, 11) is 1.48. The highest BCUT2D eigenvalue weighted by Crippen LogP contribution is 2.19. The molecule has 1 aromatic carbocycles. The molecule has 2 heterocycles. The zero-order valence-electron chi connectivity index (χ0n) is 16.4. The number of carbonyl (C=O) groups is 1. The fourth-order valence-corrected chi connectivity index (χ4v) is 3.56. The molecule has 0 spiro atoms. The van der Waals surface area contributed by atoms with Crippen LogP contribution in [0.25, 0.3) is 0 Å². The zero-order chi connectivity index (χ0) is 18.4. The summed E-state index contributed by atoms with van der Waals surface area (Å²) >= 11 is 0. The van der Waals surface area contributed by atoms with Crippen LogP contribution < -0.4 is 10.1 Å². The number of nitrogens with one attached hydrogen (secondary N) is 1. The minimum Gasteiger partial charge on any atom is -0.494 e. The average molecular weight is 437 g/mol. The van der Waals surface area contributed by atoms with Gasteiger partial charge in [0.1, 0.15) is 0 Å². The largest absolute Gasteiger partial charge is 0.494 e. The molecule has 3 rings (SSSR count). The molecule has 1 aromatic rings. The maximum absolute atomic E-state index is 13.8. The topological polar surface area (TPSA) is 48.1 Å². The highest BCUT2D eigenvalue weighted by Gasteiger charge is 2.20. The van der Waals surface area contributed by atoms with Gasteiger partial charge < -0.3 is 19.9 Å². The van der Waals surface area contributed by atoms with Crippen molar-refractivity contribution in [3.63, 3.8) is 0 Å². The molecular weight excluding hydrogens is 406 g/mol. The molecule has 160 valence electrons. The van der Waals surface area contributed by atoms with E-state index in [2.05, 4.69) is 15.1 Å². The molecule has 9 heteroatoms. The van der Waals surface area contributed by atoms with Crippen LogP contribution in [0.4, 0.5) is 4.39 Å². The summed E-state index contributed by atoms with van der Waals surface area (Å²) in [6.07, 6.45) is 0.601. The monoisotopic (exact) mass is 436 g/mol. The van der Waals surface area contributed by atoms with Gasteiger partial charge in [-0.05, 0) is 17.7 Å². The molecule has 1 N–H and O–H groups in total. The van der Waals surface area contributed by atoms with Gasteiger partial charge in [0.05, 0.1) is 7.11 Å². The summed E-state index contributed by atoms with van der Waals surface area (Å²) in [5, 5.41) is 3.27. The average Bonchev–Trinajstić information content (AvgIpc) is 2.68. The molecule has 2 saturated heterocycles. The Morgan fingerprint density at radius 1 is 1.07 bits per heavy atom. The van der Waals surface area contributed by atoms with E-state index in [1.165, 1.54) is 7.11 Å². The number of methoxy groups -OCH3 is 1. The number of benzene rings is 1. The first-order chi connectivity index (χ1) is 12.7. The van der Waals surface area contributed by atoms with E-state index >= 15 is 0 Å². The third-order valence-corrected chi connectivity index (χ3v) is 5.20. The highest BCUT2D eigenvalue weighted by molar-refractivity contribution is 5.85. The van der Waals surface area contributed by atoms with Gasteiger partial charge in [-0.2, -0.15) is 0 Å². The lowest BCUT2D eigenvalue weighted by Gasteiger charge is -2.35. The first-order valence-corrected chi connectivity index (χ1v) is 9.41. The molecule has 0 saturated carbocycles. The number of amides is 1. The number of nitrogens with zero attached hydrogens (tertiary/aromatic N) is 3. The predicted molar refractivity (Wildman–Crippen MR) is 113 cm³/mol. The Kier molecular flexibility index (Phi) is 11.1. The molecule has 0 aromatic heterocycles. The van der Waals surface area contributed by atoms with Crippen molar-refractivity contribution >= 4 is 30.7 Å². The summed E-state index contributed by atoms with van der Waals surface area (Å²) in [5.41, 5.74) is 0.964. The Morgan fingerprint density at radius 2 is 1.71 bits per heavy atom. The third-order valence-electron chi connectivity index (χ3n) is 5.20. The Bertz CT molecular complexity index is 610. The molecule has 2 fully saturated rings. The Labute approximate surface area is 179 Å². The third kappa shape index (κ3) is 7.04. The minimum atomic E-state index is -0.310. The van der Waals surface area contributed by atoms with Crippen LogP contribution >= 0.6 is 24.8 Å². The lowest BCUT2D eigenvalue weighted by atomic mass is 10.1. The standard InChI is InChI=1S/C19H29FN4O2.2ClH/c1-26-18-3-2-16(14-17(18)20)15-23-12-10-22(11-13-23)7-4-19(25)24-8-5-21-6-9-24;;/h2-3,14,21H,4-13,15H2,1H3;2*1H. The summed E-state index contributed by atoms with van der Waals surface area (Å²) in [6.45, 7) is 8.80. The number of rotatable bonds is 6. The minimum absolute atomic E-state index is 0. The summed E-state index contributed by atoms with van der Waals surface area (Å²) in [4.78, 5) is 18.9. The van der Waals surface area contributed by atoms with E-state index in [0.29, 0.717) is 6.42 Å². The van der Waals surface area contributed by atoms with Crippen LogP contribution in [0.1, 0.15) is 12.0 Å². The van der Waals surface area contributed by atoms with Crippen molar-refractivity contribution in [2.24, 2.45) is 0 Å². The van der Waals surface area contributed by atoms with E-state index in [-0.39, 0.29) is 42.3 Å². The zero-order valence-corrected chi connectivity index (χ0v) is 18.0. The quantitative estimate of drug-likeness (QED) is 0.733. The molecule has 6 nitrogen and oxygen atoms in total. The Balaban J connectivity index is 0.00000196. The van der Waals surface area contributed by atoms with E-state index in [4.69, 9.17) is 4.74 Å². The number of piperazine rings is 2. The van der Waals surface area contributed by atoms with Crippen LogP contribution in [-0.2, 0) is 11.3 Å². The SMILES string of the molecule is COc1ccc(CN2CCN(CCC(=O)N3CCNCC3)CC2)cc1F.Cl.Cl. The van der Waals surface area contributed by atoms with Crippen LogP contribution in [0.3, 0.4) is 0 Å². The van der Waals surface area contributed by atoms with Gasteiger partial charge in [0.2, 0.25) is 5.91 Å². The molecule has 0 bridgehead atoms. The van der Waals surface area contributed by atoms with Gasteiger partial charge in [0, 0.05) is 71.9 Å². The van der Waals surface area contributed by atoms with E-state index in [1.807, 2.05) is 11.0 Å². The molecule has 0 atom stereocenters. The van der Waals surface area contributed by atoms with Gasteiger partial charge in [0.15, 0.2) is 11.6 Å². The smallest absolute Gasteiger partial charge is 0.223 e. The fraction of sp³-hybridized carbons (Fsp3) is 0.632. The van der Waals surface area contributed by atoms with Crippen molar-refractivity contribution in [2.45, 2.75) is 13.0 Å². The van der Waals surface area contributed by atoms with E-state index in [9.17, 15) is 9.18 Å². The van der Waals surface area contributed by atoms with Gasteiger partial charge in [-0.15, -0.1) is 24.8 Å². The molecule has 2 aliphatic heterocycles. The highest BCUT2D eigenvalue weighted by atomic mass is 35.5. The van der Waals surface area contributed by atoms with Crippen LogP contribution in [0.2, 0.25) is 0 Å². The van der Waals surface area contributed by atoms with Gasteiger partial charge in [-0.1, -0.05) is 6.07 Å². The number of hydrogen-bond acceptors (Lipinski definition) is 5. The Morgan fingerprint density at radius 3 is 2.32 bits per heavy atom. The summed E-state index contributed by atoms with van der Waals surface area (Å²) in [5.74, 6) is 0.241. The molecular formula is C19H31Cl2FN4O2. The first-order valence-electron chi connectivity index (χ1n) is 9.41. The number of carbonyl (C=O) groups excluding carboxylic acids is 1. The predicted octanol–water partition coefficient (Wildman–Crippen LogP) is 1.62. The maximum atomic E-state index is 13.8. The van der Waals surface area contributed by atoms with Gasteiger partial charge >= 0.3 is 0 Å². The number of halogens is 3. The molecule has 0 unspecified atom stereocenters. The second kappa shape index (κ2) is 12.4. The van der Waals surface area contributed by atoms with Gasteiger partial charge in [0.25, 0.3) is 0 Å². The molecule has 0 radical (unpaired) electrons. The fourth-order valence-electron chi connectivity index (χ4n) is 3.56. The second-order valence-corrected chi connectivity index (χ2v) is 6.97. The van der Waals surface area contributed by atoms with Crippen molar-refractivity contribution in [1.29, 1.82) is 0 Å².